The third-order valence-corrected chi connectivity index (χ3v) is 5.51. The molecule has 2 aromatic heterocycles. The fourth-order valence-electron chi connectivity index (χ4n) is 3.80. The molecule has 0 aliphatic rings. The highest BCUT2D eigenvalue weighted by molar-refractivity contribution is 5.74. The van der Waals surface area contributed by atoms with Crippen LogP contribution in [-0.2, 0) is 27.2 Å². The van der Waals surface area contributed by atoms with Gasteiger partial charge in [-0.2, -0.15) is 4.98 Å². The molecule has 4 aromatic rings. The van der Waals surface area contributed by atoms with Gasteiger partial charge in [-0.15, -0.1) is 0 Å². The third kappa shape index (κ3) is 4.54. The van der Waals surface area contributed by atoms with E-state index in [1.165, 1.54) is 11.6 Å². The van der Waals surface area contributed by atoms with Crippen molar-refractivity contribution in [2.75, 3.05) is 18.6 Å². The molecule has 0 aliphatic heterocycles. The lowest BCUT2D eigenvalue weighted by Crippen LogP contribution is -2.38. The van der Waals surface area contributed by atoms with Gasteiger partial charge in [0, 0.05) is 27.7 Å². The summed E-state index contributed by atoms with van der Waals surface area (Å²) in [7, 11) is 4.88. The number of imidazole rings is 1. The van der Waals surface area contributed by atoms with Gasteiger partial charge < -0.3 is 19.3 Å². The van der Waals surface area contributed by atoms with E-state index in [1.54, 1.807) is 11.6 Å². The number of ether oxygens (including phenoxy) is 1. The summed E-state index contributed by atoms with van der Waals surface area (Å²) in [5.41, 5.74) is 0.675. The first-order valence-corrected chi connectivity index (χ1v) is 10.6. The molecule has 2 heterocycles. The minimum Gasteiger partial charge on any atom is -0.491 e. The van der Waals surface area contributed by atoms with Crippen molar-refractivity contribution >= 4 is 17.1 Å². The fourth-order valence-corrected chi connectivity index (χ4v) is 3.80. The van der Waals surface area contributed by atoms with Crippen LogP contribution >= 0.6 is 0 Å². The molecule has 0 bridgehead atoms. The molecule has 1 unspecified atom stereocenters. The second kappa shape index (κ2) is 9.33. The molecule has 2 aromatic carbocycles. The highest BCUT2D eigenvalue weighted by Gasteiger charge is 2.23. The maximum absolute atomic E-state index is 13.0. The molecule has 172 valence electrons. The predicted octanol–water partition coefficient (Wildman–Crippen LogP) is 1.51. The van der Waals surface area contributed by atoms with Crippen molar-refractivity contribution in [1.29, 1.82) is 0 Å². The molecule has 9 nitrogen and oxygen atoms in total. The Hall–Kier alpha value is -3.85. The Bertz CT molecular complexity index is 1360. The number of para-hydroxylation sites is 1. The van der Waals surface area contributed by atoms with E-state index in [-0.39, 0.29) is 24.3 Å². The van der Waals surface area contributed by atoms with E-state index in [9.17, 15) is 14.7 Å². The fraction of sp³-hybridized carbons (Fsp3) is 0.292. The smallest absolute Gasteiger partial charge is 0.332 e. The first kappa shape index (κ1) is 22.3. The van der Waals surface area contributed by atoms with Gasteiger partial charge in [-0.3, -0.25) is 13.9 Å². The summed E-state index contributed by atoms with van der Waals surface area (Å²) < 4.78 is 9.75. The molecule has 1 atom stereocenters. The summed E-state index contributed by atoms with van der Waals surface area (Å²) in [5.74, 6) is 1.12. The van der Waals surface area contributed by atoms with Crippen LogP contribution in [0.15, 0.2) is 70.3 Å². The maximum Gasteiger partial charge on any atom is 0.332 e. The number of aliphatic hydroxyl groups is 1. The number of rotatable bonds is 8. The summed E-state index contributed by atoms with van der Waals surface area (Å²) >= 11 is 0. The Balaban J connectivity index is 1.72. The molecular formula is C24H27N5O4. The Labute approximate surface area is 190 Å². The molecule has 0 amide bonds. The van der Waals surface area contributed by atoms with Crippen molar-refractivity contribution in [3.63, 3.8) is 0 Å². The van der Waals surface area contributed by atoms with Crippen LogP contribution < -0.4 is 20.9 Å². The number of aromatic nitrogens is 4. The molecule has 9 heteroatoms. The van der Waals surface area contributed by atoms with E-state index in [2.05, 4.69) is 4.98 Å². The van der Waals surface area contributed by atoms with Gasteiger partial charge in [0.15, 0.2) is 11.2 Å². The molecule has 0 aliphatic carbocycles. The Morgan fingerprint density at radius 3 is 2.30 bits per heavy atom. The van der Waals surface area contributed by atoms with Gasteiger partial charge in [0.2, 0.25) is 5.95 Å². The van der Waals surface area contributed by atoms with Gasteiger partial charge in [0.1, 0.15) is 18.5 Å². The van der Waals surface area contributed by atoms with Crippen LogP contribution in [0.3, 0.4) is 0 Å². The summed E-state index contributed by atoms with van der Waals surface area (Å²) in [6, 6.07) is 19.1. The lowest BCUT2D eigenvalue weighted by atomic mass is 10.2. The molecule has 0 saturated heterocycles. The highest BCUT2D eigenvalue weighted by Crippen LogP contribution is 2.21. The van der Waals surface area contributed by atoms with E-state index >= 15 is 0 Å². The van der Waals surface area contributed by atoms with Crippen molar-refractivity contribution in [2.45, 2.75) is 19.2 Å². The molecule has 0 fully saturated rings. The van der Waals surface area contributed by atoms with E-state index < -0.39 is 17.4 Å². The largest absolute Gasteiger partial charge is 0.491 e. The quantitative estimate of drug-likeness (QED) is 0.438. The van der Waals surface area contributed by atoms with Gasteiger partial charge >= 0.3 is 5.69 Å². The summed E-state index contributed by atoms with van der Waals surface area (Å²) in [6.45, 7) is 0.651. The number of fused-ring (bicyclic) bond motifs is 1. The number of benzene rings is 2. The minimum atomic E-state index is -0.909. The van der Waals surface area contributed by atoms with Crippen molar-refractivity contribution in [2.24, 2.45) is 14.1 Å². The van der Waals surface area contributed by atoms with Crippen LogP contribution in [0, 0.1) is 0 Å². The van der Waals surface area contributed by atoms with E-state index in [1.807, 2.05) is 72.6 Å². The number of aryl methyl sites for hydroxylation is 1. The van der Waals surface area contributed by atoms with E-state index in [0.717, 1.165) is 10.1 Å². The van der Waals surface area contributed by atoms with E-state index in [4.69, 9.17) is 4.74 Å². The second-order valence-electron chi connectivity index (χ2n) is 8.02. The normalized spacial score (nSPS) is 12.1. The topological polar surface area (TPSA) is 94.5 Å². The highest BCUT2D eigenvalue weighted by atomic mass is 16.5. The van der Waals surface area contributed by atoms with Crippen LogP contribution in [0.25, 0.3) is 11.2 Å². The van der Waals surface area contributed by atoms with Crippen LogP contribution in [0.5, 0.6) is 5.75 Å². The van der Waals surface area contributed by atoms with Crippen LogP contribution in [0.4, 0.5) is 5.95 Å². The monoisotopic (exact) mass is 449 g/mol. The maximum atomic E-state index is 13.0. The average Bonchev–Trinajstić information content (AvgIpc) is 3.20. The van der Waals surface area contributed by atoms with Gasteiger partial charge in [0.05, 0.1) is 6.54 Å². The van der Waals surface area contributed by atoms with Crippen molar-refractivity contribution in [3.05, 3.63) is 87.1 Å². The van der Waals surface area contributed by atoms with Crippen molar-refractivity contribution in [1.82, 2.24) is 18.7 Å². The van der Waals surface area contributed by atoms with Crippen molar-refractivity contribution in [3.8, 4) is 5.75 Å². The number of hydrogen-bond donors (Lipinski definition) is 1. The van der Waals surface area contributed by atoms with Gasteiger partial charge in [-0.1, -0.05) is 48.5 Å². The number of hydrogen-bond acceptors (Lipinski definition) is 6. The summed E-state index contributed by atoms with van der Waals surface area (Å²) in [6.07, 6.45) is -0.909. The first-order valence-electron chi connectivity index (χ1n) is 10.6. The summed E-state index contributed by atoms with van der Waals surface area (Å²) in [5, 5.41) is 10.8. The summed E-state index contributed by atoms with van der Waals surface area (Å²) in [4.78, 5) is 32.0. The zero-order valence-corrected chi connectivity index (χ0v) is 18.9. The Morgan fingerprint density at radius 2 is 1.64 bits per heavy atom. The number of nitrogens with zero attached hydrogens (tertiary/aromatic N) is 5. The van der Waals surface area contributed by atoms with Gasteiger partial charge in [-0.25, -0.2) is 4.79 Å². The molecular weight excluding hydrogens is 422 g/mol. The molecule has 33 heavy (non-hydrogen) atoms. The average molecular weight is 450 g/mol. The van der Waals surface area contributed by atoms with E-state index in [0.29, 0.717) is 18.2 Å². The van der Waals surface area contributed by atoms with Crippen LogP contribution in [0.2, 0.25) is 0 Å². The minimum absolute atomic E-state index is 0.0393. The lowest BCUT2D eigenvalue weighted by molar-refractivity contribution is 0.0936. The van der Waals surface area contributed by atoms with Crippen LogP contribution in [-0.4, -0.2) is 43.6 Å². The molecule has 0 saturated carbocycles. The zero-order chi connectivity index (χ0) is 23.5. The molecule has 4 rings (SSSR count). The third-order valence-electron chi connectivity index (χ3n) is 5.51. The molecule has 0 radical (unpaired) electrons. The van der Waals surface area contributed by atoms with Crippen molar-refractivity contribution < 1.29 is 9.84 Å². The standard InChI is InChI=1S/C24H27N5O4/c1-26(14-17-10-6-4-7-11-17)23-25-21-20(22(31)28(3)24(32)27(21)2)29(23)15-18(30)16-33-19-12-8-5-9-13-19/h4-13,18,30H,14-16H2,1-3H3. The number of aliphatic hydroxyl groups excluding tert-OH is 1. The predicted molar refractivity (Wildman–Crippen MR) is 127 cm³/mol. The first-order chi connectivity index (χ1) is 15.9. The van der Waals surface area contributed by atoms with Crippen LogP contribution in [0.1, 0.15) is 5.56 Å². The SMILES string of the molecule is CN(Cc1ccccc1)c1nc2c(c(=O)n(C)c(=O)n2C)n1CC(O)COc1ccccc1. The molecule has 0 spiro atoms. The lowest BCUT2D eigenvalue weighted by Gasteiger charge is -2.21. The van der Waals surface area contributed by atoms with Gasteiger partial charge in [0.25, 0.3) is 5.56 Å². The zero-order valence-electron chi connectivity index (χ0n) is 18.9. The Kier molecular flexibility index (Phi) is 6.32. The second-order valence-corrected chi connectivity index (χ2v) is 8.02. The number of anilines is 1. The van der Waals surface area contributed by atoms with Gasteiger partial charge in [-0.05, 0) is 17.7 Å². The Morgan fingerprint density at radius 1 is 1.00 bits per heavy atom. The molecule has 1 N–H and O–H groups in total.